The monoisotopic (exact) mass is 244 g/mol. The summed E-state index contributed by atoms with van der Waals surface area (Å²) in [6.07, 6.45) is 5.67. The van der Waals surface area contributed by atoms with Crippen LogP contribution in [0.3, 0.4) is 0 Å². The molecular formula is C14H16N2O2. The second kappa shape index (κ2) is 4.46. The van der Waals surface area contributed by atoms with E-state index in [0.29, 0.717) is 0 Å². The molecular weight excluding hydrogens is 228 g/mol. The smallest absolute Gasteiger partial charge is 0.147 e. The Bertz CT molecular complexity index is 669. The molecule has 0 saturated heterocycles. The highest BCUT2D eigenvalue weighted by molar-refractivity contribution is 6.03. The number of aromatic nitrogens is 2. The molecule has 2 aromatic heterocycles. The Hall–Kier alpha value is -1.81. The van der Waals surface area contributed by atoms with Crippen molar-refractivity contribution in [3.05, 3.63) is 30.7 Å². The van der Waals surface area contributed by atoms with Gasteiger partial charge in [0.15, 0.2) is 0 Å². The van der Waals surface area contributed by atoms with E-state index in [4.69, 9.17) is 4.42 Å². The SMILES string of the molecule is CCCCC(O)n1ncc2ccc3occc3c21. The molecule has 3 rings (SSSR count). The molecule has 1 N–H and O–H groups in total. The predicted molar refractivity (Wildman–Crippen MR) is 70.3 cm³/mol. The van der Waals surface area contributed by atoms with Crippen LogP contribution in [0.2, 0.25) is 0 Å². The van der Waals surface area contributed by atoms with E-state index in [-0.39, 0.29) is 0 Å². The summed E-state index contributed by atoms with van der Waals surface area (Å²) in [5, 5.41) is 16.5. The van der Waals surface area contributed by atoms with Crippen molar-refractivity contribution in [2.24, 2.45) is 0 Å². The van der Waals surface area contributed by atoms with Crippen LogP contribution in [-0.2, 0) is 0 Å². The van der Waals surface area contributed by atoms with Gasteiger partial charge in [-0.15, -0.1) is 0 Å². The second-order valence-electron chi connectivity index (χ2n) is 4.55. The Morgan fingerprint density at radius 2 is 2.28 bits per heavy atom. The van der Waals surface area contributed by atoms with Crippen LogP contribution in [0.15, 0.2) is 35.1 Å². The molecule has 0 radical (unpaired) electrons. The lowest BCUT2D eigenvalue weighted by atomic mass is 10.2. The molecule has 0 bridgehead atoms. The van der Waals surface area contributed by atoms with Gasteiger partial charge in [-0.05, 0) is 31.0 Å². The predicted octanol–water partition coefficient (Wildman–Crippen LogP) is 3.46. The zero-order valence-electron chi connectivity index (χ0n) is 10.3. The first kappa shape index (κ1) is 11.3. The van der Waals surface area contributed by atoms with Gasteiger partial charge in [0.25, 0.3) is 0 Å². The molecule has 1 aromatic carbocycles. The molecule has 0 spiro atoms. The van der Waals surface area contributed by atoms with Gasteiger partial charge < -0.3 is 9.52 Å². The zero-order chi connectivity index (χ0) is 12.5. The Morgan fingerprint density at radius 3 is 3.11 bits per heavy atom. The highest BCUT2D eigenvalue weighted by Gasteiger charge is 2.14. The van der Waals surface area contributed by atoms with Crippen LogP contribution in [0.1, 0.15) is 32.4 Å². The minimum atomic E-state index is -0.567. The summed E-state index contributed by atoms with van der Waals surface area (Å²) in [4.78, 5) is 0. The highest BCUT2D eigenvalue weighted by atomic mass is 16.3. The van der Waals surface area contributed by atoms with E-state index in [1.54, 1.807) is 17.1 Å². The van der Waals surface area contributed by atoms with Gasteiger partial charge >= 0.3 is 0 Å². The minimum Gasteiger partial charge on any atom is -0.464 e. The van der Waals surface area contributed by atoms with Gasteiger partial charge in [-0.1, -0.05) is 13.3 Å². The lowest BCUT2D eigenvalue weighted by Crippen LogP contribution is -2.09. The maximum Gasteiger partial charge on any atom is 0.147 e. The van der Waals surface area contributed by atoms with Crippen LogP contribution < -0.4 is 0 Å². The van der Waals surface area contributed by atoms with E-state index in [0.717, 1.165) is 41.1 Å². The van der Waals surface area contributed by atoms with E-state index in [2.05, 4.69) is 12.0 Å². The van der Waals surface area contributed by atoms with Crippen molar-refractivity contribution in [1.82, 2.24) is 9.78 Å². The standard InChI is InChI=1S/C14H16N2O2/c1-2-3-4-13(17)16-14-10(9-15-16)5-6-12-11(14)7-8-18-12/h5-9,13,17H,2-4H2,1H3. The molecule has 0 saturated carbocycles. The highest BCUT2D eigenvalue weighted by Crippen LogP contribution is 2.28. The summed E-state index contributed by atoms with van der Waals surface area (Å²) >= 11 is 0. The van der Waals surface area contributed by atoms with Crippen LogP contribution in [0.4, 0.5) is 0 Å². The Kier molecular flexibility index (Phi) is 2.80. The molecule has 18 heavy (non-hydrogen) atoms. The average Bonchev–Trinajstić information content (AvgIpc) is 3.00. The van der Waals surface area contributed by atoms with Crippen molar-refractivity contribution < 1.29 is 9.52 Å². The van der Waals surface area contributed by atoms with Crippen LogP contribution >= 0.6 is 0 Å². The second-order valence-corrected chi connectivity index (χ2v) is 4.55. The number of rotatable bonds is 4. The van der Waals surface area contributed by atoms with Gasteiger partial charge in [0.1, 0.15) is 11.8 Å². The molecule has 3 aromatic rings. The number of hydrogen-bond donors (Lipinski definition) is 1. The van der Waals surface area contributed by atoms with Crippen molar-refractivity contribution in [3.63, 3.8) is 0 Å². The van der Waals surface area contributed by atoms with Gasteiger partial charge in [-0.3, -0.25) is 0 Å². The van der Waals surface area contributed by atoms with Crippen molar-refractivity contribution >= 4 is 21.9 Å². The Morgan fingerprint density at radius 1 is 1.39 bits per heavy atom. The number of benzene rings is 1. The maximum absolute atomic E-state index is 10.2. The lowest BCUT2D eigenvalue weighted by Gasteiger charge is -2.12. The molecule has 1 unspecified atom stereocenters. The number of fused-ring (bicyclic) bond motifs is 3. The number of aliphatic hydroxyl groups excluding tert-OH is 1. The average molecular weight is 244 g/mol. The van der Waals surface area contributed by atoms with E-state index in [1.165, 1.54) is 0 Å². The van der Waals surface area contributed by atoms with Crippen molar-refractivity contribution in [2.45, 2.75) is 32.4 Å². The summed E-state index contributed by atoms with van der Waals surface area (Å²) in [6.45, 7) is 2.11. The number of aliphatic hydroxyl groups is 1. The number of furan rings is 1. The van der Waals surface area contributed by atoms with Gasteiger partial charge in [0.2, 0.25) is 0 Å². The quantitative estimate of drug-likeness (QED) is 0.764. The van der Waals surface area contributed by atoms with Crippen molar-refractivity contribution in [2.75, 3.05) is 0 Å². The first-order valence-corrected chi connectivity index (χ1v) is 6.32. The zero-order valence-corrected chi connectivity index (χ0v) is 10.3. The summed E-state index contributed by atoms with van der Waals surface area (Å²) in [6, 6.07) is 5.82. The normalized spacial score (nSPS) is 13.4. The Labute approximate surface area is 105 Å². The molecule has 0 amide bonds. The first-order valence-electron chi connectivity index (χ1n) is 6.32. The first-order chi connectivity index (χ1) is 8.81. The summed E-state index contributed by atoms with van der Waals surface area (Å²) < 4.78 is 7.09. The van der Waals surface area contributed by atoms with E-state index in [1.807, 2.05) is 18.2 Å². The number of unbranched alkanes of at least 4 members (excludes halogenated alkanes) is 1. The fourth-order valence-corrected chi connectivity index (χ4v) is 2.32. The topological polar surface area (TPSA) is 51.2 Å². The van der Waals surface area contributed by atoms with E-state index >= 15 is 0 Å². The summed E-state index contributed by atoms with van der Waals surface area (Å²) in [7, 11) is 0. The van der Waals surface area contributed by atoms with Gasteiger partial charge in [0, 0.05) is 10.8 Å². The van der Waals surface area contributed by atoms with E-state index in [9.17, 15) is 5.11 Å². The fraction of sp³-hybridized carbons (Fsp3) is 0.357. The molecule has 0 aliphatic carbocycles. The van der Waals surface area contributed by atoms with Gasteiger partial charge in [0.05, 0.1) is 18.0 Å². The van der Waals surface area contributed by atoms with Crippen molar-refractivity contribution in [1.29, 1.82) is 0 Å². The van der Waals surface area contributed by atoms with Gasteiger partial charge in [-0.25, -0.2) is 4.68 Å². The lowest BCUT2D eigenvalue weighted by molar-refractivity contribution is 0.0839. The fourth-order valence-electron chi connectivity index (χ4n) is 2.32. The molecule has 1 atom stereocenters. The summed E-state index contributed by atoms with van der Waals surface area (Å²) in [5.74, 6) is 0. The van der Waals surface area contributed by atoms with Crippen LogP contribution in [0.25, 0.3) is 21.9 Å². The van der Waals surface area contributed by atoms with E-state index < -0.39 is 6.23 Å². The molecule has 2 heterocycles. The molecule has 94 valence electrons. The largest absolute Gasteiger partial charge is 0.464 e. The van der Waals surface area contributed by atoms with Crippen LogP contribution in [0, 0.1) is 0 Å². The van der Waals surface area contributed by atoms with Gasteiger partial charge in [-0.2, -0.15) is 5.10 Å². The molecule has 0 aliphatic heterocycles. The van der Waals surface area contributed by atoms with Crippen LogP contribution in [0.5, 0.6) is 0 Å². The molecule has 0 aliphatic rings. The molecule has 4 heteroatoms. The number of hydrogen-bond acceptors (Lipinski definition) is 3. The third kappa shape index (κ3) is 1.69. The van der Waals surface area contributed by atoms with Crippen LogP contribution in [-0.4, -0.2) is 14.9 Å². The molecule has 0 fully saturated rings. The molecule has 4 nitrogen and oxygen atoms in total. The number of nitrogens with zero attached hydrogens (tertiary/aromatic N) is 2. The third-order valence-electron chi connectivity index (χ3n) is 3.29. The van der Waals surface area contributed by atoms with Crippen molar-refractivity contribution in [3.8, 4) is 0 Å². The summed E-state index contributed by atoms with van der Waals surface area (Å²) in [5.41, 5.74) is 1.77. The Balaban J connectivity index is 2.14. The maximum atomic E-state index is 10.2. The third-order valence-corrected chi connectivity index (χ3v) is 3.29. The minimum absolute atomic E-state index is 0.567.